The van der Waals surface area contributed by atoms with Gasteiger partial charge in [-0.2, -0.15) is 5.26 Å². The van der Waals surface area contributed by atoms with E-state index in [0.29, 0.717) is 23.0 Å². The second-order valence-electron chi connectivity index (χ2n) is 16.0. The molecule has 2 aliphatic rings. The van der Waals surface area contributed by atoms with Gasteiger partial charge in [-0.15, -0.1) is 0 Å². The molecule has 7 aromatic carbocycles. The molecule has 10 rings (SSSR count). The summed E-state index contributed by atoms with van der Waals surface area (Å²) < 4.78 is 0. The summed E-state index contributed by atoms with van der Waals surface area (Å²) in [7, 11) is 0. The molecule has 1 aromatic heterocycles. The Bertz CT molecular complexity index is 2750. The first kappa shape index (κ1) is 31.8. The Balaban J connectivity index is 1.15. The van der Waals surface area contributed by atoms with Crippen molar-refractivity contribution in [3.05, 3.63) is 139 Å². The van der Waals surface area contributed by atoms with E-state index in [0.717, 1.165) is 77.5 Å². The van der Waals surface area contributed by atoms with Gasteiger partial charge in [-0.3, -0.25) is 0 Å². The van der Waals surface area contributed by atoms with Crippen LogP contribution in [-0.2, 0) is 5.41 Å². The van der Waals surface area contributed by atoms with Crippen molar-refractivity contribution >= 4 is 43.1 Å². The highest BCUT2D eigenvalue weighted by Crippen LogP contribution is 2.54. The zero-order chi connectivity index (χ0) is 35.7. The van der Waals surface area contributed by atoms with Crippen LogP contribution in [0, 0.1) is 29.1 Å². The molecule has 2 fully saturated rings. The lowest BCUT2D eigenvalue weighted by Crippen LogP contribution is -2.42. The smallest absolute Gasteiger partial charge is 0.164 e. The maximum atomic E-state index is 9.75. The molecule has 256 valence electrons. The summed E-state index contributed by atoms with van der Waals surface area (Å²) in [5.41, 5.74) is 5.31. The van der Waals surface area contributed by atoms with Crippen LogP contribution in [0.3, 0.4) is 0 Å². The van der Waals surface area contributed by atoms with Crippen LogP contribution in [0.5, 0.6) is 0 Å². The summed E-state index contributed by atoms with van der Waals surface area (Å²) in [4.78, 5) is 15.6. The fourth-order valence-electron chi connectivity index (χ4n) is 10.4. The summed E-state index contributed by atoms with van der Waals surface area (Å²) in [6, 6.07) is 47.4. The molecule has 0 radical (unpaired) electrons. The molecule has 0 N–H and O–H groups in total. The molecule has 0 amide bonds. The molecule has 0 aliphatic heterocycles. The highest BCUT2D eigenvalue weighted by Gasteiger charge is 2.45. The third kappa shape index (κ3) is 5.37. The Kier molecular flexibility index (Phi) is 7.41. The molecule has 2 aliphatic carbocycles. The van der Waals surface area contributed by atoms with Crippen LogP contribution in [-0.4, -0.2) is 15.0 Å². The zero-order valence-electron chi connectivity index (χ0n) is 30.2. The van der Waals surface area contributed by atoms with E-state index in [1.807, 2.05) is 12.1 Å². The van der Waals surface area contributed by atoms with Crippen molar-refractivity contribution in [1.29, 1.82) is 5.26 Å². The van der Waals surface area contributed by atoms with Gasteiger partial charge in [0.15, 0.2) is 17.5 Å². The van der Waals surface area contributed by atoms with Crippen LogP contribution < -0.4 is 0 Å². The summed E-state index contributed by atoms with van der Waals surface area (Å²) >= 11 is 0. The lowest BCUT2D eigenvalue weighted by atomic mass is 9.54. The van der Waals surface area contributed by atoms with Gasteiger partial charge in [0.1, 0.15) is 0 Å². The van der Waals surface area contributed by atoms with Crippen LogP contribution in [0.4, 0.5) is 0 Å². The molecule has 1 heterocycles. The molecule has 2 bridgehead atoms. The van der Waals surface area contributed by atoms with Crippen LogP contribution in [0.25, 0.3) is 77.3 Å². The maximum Gasteiger partial charge on any atom is 0.164 e. The number of benzene rings is 7. The molecular formula is C49H40N4. The minimum absolute atomic E-state index is 0.267. The monoisotopic (exact) mass is 684 g/mol. The second-order valence-corrected chi connectivity index (χ2v) is 16.0. The molecule has 4 heteroatoms. The Morgan fingerprint density at radius 3 is 1.85 bits per heavy atom. The Labute approximate surface area is 310 Å². The average molecular weight is 685 g/mol. The zero-order valence-corrected chi connectivity index (χ0v) is 30.2. The molecule has 0 saturated heterocycles. The topological polar surface area (TPSA) is 62.5 Å². The quantitative estimate of drug-likeness (QED) is 0.173. The van der Waals surface area contributed by atoms with E-state index in [4.69, 9.17) is 15.0 Å². The second kappa shape index (κ2) is 12.3. The molecule has 2 saturated carbocycles. The number of rotatable bonds is 4. The SMILES string of the molecule is C[C@@H]1C[C@@H]2C[C@H](C)CC(c3ccc(-c4nc(-c5ccc6c7ccccc7c7cc(C#N)ccc7c6c5)nc(-c5cccc6ccccc56)n4)cc3)(C1)C2. The first-order valence-electron chi connectivity index (χ1n) is 19.1. The van der Waals surface area contributed by atoms with E-state index in [9.17, 15) is 5.26 Å². The number of aromatic nitrogens is 3. The fourth-order valence-corrected chi connectivity index (χ4v) is 10.4. The lowest BCUT2D eigenvalue weighted by Gasteiger charge is -2.50. The standard InChI is InChI=1S/C49H40N4/c1-30-22-33-23-31(2)27-49(26-30,28-33)37-18-15-35(16-19-37)46-51-47(53-48(52-46)43-13-7-9-34-8-3-4-10-38(34)43)36-17-21-41-39-11-5-6-12-40(39)44-24-32(29-50)14-20-42(44)45(41)25-36/h3-21,24-25,30-31,33H,22-23,26-28H2,1-2H3/t30-,31+,33-,49?. The van der Waals surface area contributed by atoms with Crippen LogP contribution in [0.1, 0.15) is 57.1 Å². The van der Waals surface area contributed by atoms with Crippen molar-refractivity contribution in [2.75, 3.05) is 0 Å². The Morgan fingerprint density at radius 1 is 0.528 bits per heavy atom. The first-order valence-corrected chi connectivity index (χ1v) is 19.1. The summed E-state index contributed by atoms with van der Waals surface area (Å²) in [6.07, 6.45) is 6.61. The molecule has 4 nitrogen and oxygen atoms in total. The summed E-state index contributed by atoms with van der Waals surface area (Å²) in [5.74, 6) is 4.35. The van der Waals surface area contributed by atoms with Crippen molar-refractivity contribution in [2.45, 2.75) is 51.4 Å². The minimum Gasteiger partial charge on any atom is -0.208 e. The molecule has 0 spiro atoms. The Hall–Kier alpha value is -5.92. The van der Waals surface area contributed by atoms with Crippen molar-refractivity contribution < 1.29 is 0 Å². The van der Waals surface area contributed by atoms with Crippen LogP contribution >= 0.6 is 0 Å². The van der Waals surface area contributed by atoms with Gasteiger partial charge < -0.3 is 0 Å². The van der Waals surface area contributed by atoms with Gasteiger partial charge in [-0.25, -0.2) is 15.0 Å². The van der Waals surface area contributed by atoms with Crippen LogP contribution in [0.15, 0.2) is 127 Å². The third-order valence-electron chi connectivity index (χ3n) is 12.3. The van der Waals surface area contributed by atoms with E-state index in [-0.39, 0.29) is 5.41 Å². The average Bonchev–Trinajstić information content (AvgIpc) is 3.19. The highest BCUT2D eigenvalue weighted by atomic mass is 15.0. The van der Waals surface area contributed by atoms with Gasteiger partial charge in [0, 0.05) is 16.7 Å². The largest absolute Gasteiger partial charge is 0.208 e. The molecular weight excluding hydrogens is 645 g/mol. The number of hydrogen-bond acceptors (Lipinski definition) is 4. The van der Waals surface area contributed by atoms with Crippen molar-refractivity contribution in [3.8, 4) is 40.2 Å². The first-order chi connectivity index (χ1) is 25.9. The van der Waals surface area contributed by atoms with Crippen molar-refractivity contribution in [2.24, 2.45) is 17.8 Å². The van der Waals surface area contributed by atoms with Gasteiger partial charge in [-0.1, -0.05) is 123 Å². The predicted molar refractivity (Wildman–Crippen MR) is 217 cm³/mol. The fraction of sp³-hybridized carbons (Fsp3) is 0.224. The van der Waals surface area contributed by atoms with E-state index >= 15 is 0 Å². The number of nitriles is 1. The van der Waals surface area contributed by atoms with E-state index in [1.165, 1.54) is 37.7 Å². The van der Waals surface area contributed by atoms with Gasteiger partial charge >= 0.3 is 0 Å². The van der Waals surface area contributed by atoms with Gasteiger partial charge in [-0.05, 0) is 122 Å². The molecule has 53 heavy (non-hydrogen) atoms. The number of nitrogens with zero attached hydrogens (tertiary/aromatic N) is 4. The molecule has 1 unspecified atom stereocenters. The normalized spacial score (nSPS) is 21.3. The molecule has 8 aromatic rings. The van der Waals surface area contributed by atoms with Crippen LogP contribution in [0.2, 0.25) is 0 Å². The molecule has 4 atom stereocenters. The summed E-state index contributed by atoms with van der Waals surface area (Å²) in [5, 5.41) is 18.8. The lowest BCUT2D eigenvalue weighted by molar-refractivity contribution is 0.0780. The van der Waals surface area contributed by atoms with Gasteiger partial charge in [0.2, 0.25) is 0 Å². The van der Waals surface area contributed by atoms with Gasteiger partial charge in [0.05, 0.1) is 11.6 Å². The highest BCUT2D eigenvalue weighted by molar-refractivity contribution is 6.25. The predicted octanol–water partition coefficient (Wildman–Crippen LogP) is 12.5. The number of hydrogen-bond donors (Lipinski definition) is 0. The Morgan fingerprint density at radius 2 is 1.09 bits per heavy atom. The minimum atomic E-state index is 0.267. The van der Waals surface area contributed by atoms with Gasteiger partial charge in [0.25, 0.3) is 0 Å². The van der Waals surface area contributed by atoms with E-state index in [2.05, 4.69) is 135 Å². The van der Waals surface area contributed by atoms with E-state index < -0.39 is 0 Å². The number of fused-ring (bicyclic) bond motifs is 9. The van der Waals surface area contributed by atoms with Crippen molar-refractivity contribution in [1.82, 2.24) is 15.0 Å². The van der Waals surface area contributed by atoms with E-state index in [1.54, 1.807) is 0 Å². The third-order valence-corrected chi connectivity index (χ3v) is 12.3. The maximum absolute atomic E-state index is 9.75. The van der Waals surface area contributed by atoms with Crippen molar-refractivity contribution in [3.63, 3.8) is 0 Å². The summed E-state index contributed by atoms with van der Waals surface area (Å²) in [6.45, 7) is 4.90.